The third-order valence-corrected chi connectivity index (χ3v) is 4.83. The van der Waals surface area contributed by atoms with Crippen molar-refractivity contribution in [3.8, 4) is 11.3 Å². The summed E-state index contributed by atoms with van der Waals surface area (Å²) in [5, 5.41) is 14.5. The number of hydrogen-bond acceptors (Lipinski definition) is 6. The van der Waals surface area contributed by atoms with Crippen LogP contribution in [-0.4, -0.2) is 28.0 Å². The van der Waals surface area contributed by atoms with Gasteiger partial charge in [-0.05, 0) is 42.5 Å². The summed E-state index contributed by atoms with van der Waals surface area (Å²) in [6.07, 6.45) is 2.97. The average Bonchev–Trinajstić information content (AvgIpc) is 3.12. The smallest absolute Gasteiger partial charge is 0.560 e. The Bertz CT molecular complexity index is 1300. The first-order valence-corrected chi connectivity index (χ1v) is 9.29. The fraction of sp³-hybridized carbons (Fsp3) is 0. The van der Waals surface area contributed by atoms with Crippen LogP contribution >= 0.6 is 0 Å². The number of hydrogen-bond donors (Lipinski definition) is 2. The molecule has 4 rings (SSSR count). The van der Waals surface area contributed by atoms with Crippen LogP contribution in [0, 0.1) is 0 Å². The molecule has 3 heterocycles. The molecule has 0 bridgehead atoms. The van der Waals surface area contributed by atoms with E-state index in [4.69, 9.17) is 5.14 Å². The number of sulfonamides is 1. The molecule has 0 saturated carbocycles. The number of anilines is 2. The Kier molecular flexibility index (Phi) is 6.27. The van der Waals surface area contributed by atoms with E-state index in [2.05, 4.69) is 20.4 Å². The van der Waals surface area contributed by atoms with Crippen LogP contribution in [0.25, 0.3) is 22.0 Å². The van der Waals surface area contributed by atoms with Gasteiger partial charge in [-0.1, -0.05) is 0 Å². The van der Waals surface area contributed by atoms with Gasteiger partial charge in [0.2, 0.25) is 5.56 Å². The first kappa shape index (κ1) is 21.0. The fourth-order valence-corrected chi connectivity index (χ4v) is 3.20. The number of pyridine rings is 2. The minimum Gasteiger partial charge on any atom is -0.560 e. The standard InChI is InChI=1S/C17H14N6O3S.Rb/c18-27(25,26)13-3-1-12(2-4-13)22-14-5-6-15(23-17(14)20-10-21-23)11-7-8-19-16(24)9-11;/h1-10H,(H4,18,19,22,24,25,26);/q;+1/p-1. The number of H-pyrrole nitrogens is 1. The monoisotopic (exact) mass is 466 g/mol. The van der Waals surface area contributed by atoms with E-state index in [1.54, 1.807) is 41.0 Å². The van der Waals surface area contributed by atoms with Gasteiger partial charge in [-0.2, -0.15) is 5.10 Å². The zero-order chi connectivity index (χ0) is 19.0. The number of benzene rings is 1. The number of nitrogens with zero attached hydrogens (tertiary/aromatic N) is 3. The van der Waals surface area contributed by atoms with Crippen molar-refractivity contribution < 1.29 is 66.6 Å². The Labute approximate surface area is 208 Å². The summed E-state index contributed by atoms with van der Waals surface area (Å²) in [7, 11) is -3.99. The first-order chi connectivity index (χ1) is 12.9. The second-order valence-corrected chi connectivity index (χ2v) is 7.20. The summed E-state index contributed by atoms with van der Waals surface area (Å²) in [6.45, 7) is 0. The summed E-state index contributed by atoms with van der Waals surface area (Å²) in [4.78, 5) is 18.3. The van der Waals surface area contributed by atoms with Gasteiger partial charge in [-0.3, -0.25) is 4.79 Å². The van der Waals surface area contributed by atoms with E-state index in [-0.39, 0.29) is 68.6 Å². The van der Waals surface area contributed by atoms with Gasteiger partial charge in [-0.25, -0.2) is 17.9 Å². The zero-order valence-electron chi connectivity index (χ0n) is 14.7. The van der Waals surface area contributed by atoms with E-state index in [1.807, 2.05) is 0 Å². The molecule has 3 aromatic heterocycles. The third-order valence-electron chi connectivity index (χ3n) is 3.94. The molecule has 0 unspecified atom stereocenters. The Morgan fingerprint density at radius 2 is 1.82 bits per heavy atom. The van der Waals surface area contributed by atoms with Crippen molar-refractivity contribution in [1.29, 1.82) is 0 Å². The van der Waals surface area contributed by atoms with Crippen LogP contribution in [0.1, 0.15) is 0 Å². The van der Waals surface area contributed by atoms with Crippen LogP contribution in [0.3, 0.4) is 0 Å². The molecule has 136 valence electrons. The van der Waals surface area contributed by atoms with Crippen molar-refractivity contribution >= 4 is 27.0 Å². The van der Waals surface area contributed by atoms with E-state index in [0.717, 1.165) is 0 Å². The Balaban J connectivity index is 0.00000225. The van der Waals surface area contributed by atoms with Gasteiger partial charge in [0.1, 0.15) is 6.33 Å². The molecule has 0 spiro atoms. The van der Waals surface area contributed by atoms with E-state index >= 15 is 0 Å². The summed E-state index contributed by atoms with van der Waals surface area (Å²) in [5.74, 6) is 0. The third kappa shape index (κ3) is 4.32. The van der Waals surface area contributed by atoms with Crippen LogP contribution in [0.2, 0.25) is 0 Å². The van der Waals surface area contributed by atoms with Crippen molar-refractivity contribution in [2.45, 2.75) is 4.90 Å². The first-order valence-electron chi connectivity index (χ1n) is 7.80. The minimum absolute atomic E-state index is 0. The molecule has 28 heavy (non-hydrogen) atoms. The van der Waals surface area contributed by atoms with Crippen LogP contribution in [0.5, 0.6) is 0 Å². The summed E-state index contributed by atoms with van der Waals surface area (Å²) < 4.78 is 24.1. The molecule has 4 aromatic rings. The van der Waals surface area contributed by atoms with Crippen LogP contribution < -0.4 is 69.1 Å². The number of aromatic nitrogens is 4. The Morgan fingerprint density at radius 3 is 2.50 bits per heavy atom. The molecule has 1 aromatic carbocycles. The van der Waals surface area contributed by atoms with E-state index < -0.39 is 10.0 Å². The molecule has 0 fully saturated rings. The number of aromatic amines is 1. The molecular formula is C17H13N6O3RbS. The predicted octanol–water partition coefficient (Wildman–Crippen LogP) is -0.427. The second-order valence-electron chi connectivity index (χ2n) is 5.72. The Hall–Kier alpha value is -1.69. The normalized spacial score (nSPS) is 11.2. The summed E-state index contributed by atoms with van der Waals surface area (Å²) in [5.41, 5.74) is 3.02. The van der Waals surface area contributed by atoms with Gasteiger partial charge in [0.05, 0.1) is 21.4 Å². The van der Waals surface area contributed by atoms with E-state index in [0.29, 0.717) is 28.3 Å². The van der Waals surface area contributed by atoms with Crippen molar-refractivity contribution in [3.63, 3.8) is 0 Å². The minimum atomic E-state index is -3.99. The molecule has 0 radical (unpaired) electrons. The quantitative estimate of drug-likeness (QED) is 0.419. The number of nitrogens with one attached hydrogen (secondary N) is 3. The molecule has 0 aliphatic rings. The summed E-state index contributed by atoms with van der Waals surface area (Å²) >= 11 is 0. The van der Waals surface area contributed by atoms with Gasteiger partial charge in [0, 0.05) is 28.4 Å². The number of fused-ring (bicyclic) bond motifs is 1. The van der Waals surface area contributed by atoms with Crippen LogP contribution in [0.4, 0.5) is 11.4 Å². The van der Waals surface area contributed by atoms with Crippen molar-refractivity contribution in [3.05, 3.63) is 76.5 Å². The zero-order valence-corrected chi connectivity index (χ0v) is 20.5. The van der Waals surface area contributed by atoms with Crippen LogP contribution in [0.15, 0.2) is 70.7 Å². The van der Waals surface area contributed by atoms with Gasteiger partial charge >= 0.3 is 58.2 Å². The van der Waals surface area contributed by atoms with Crippen molar-refractivity contribution in [1.82, 2.24) is 19.6 Å². The molecule has 0 saturated heterocycles. The second kappa shape index (κ2) is 8.35. The SMILES string of the molecule is [NH-]S(=O)(=O)c1ccc(Nc2ccc(-c3cc[nH]c(=O)c3)n3ncnc23)cc1.[Rb+]. The maximum absolute atomic E-state index is 11.6. The van der Waals surface area contributed by atoms with E-state index in [9.17, 15) is 13.2 Å². The molecule has 0 amide bonds. The largest absolute Gasteiger partial charge is 1.00 e. The number of rotatable bonds is 4. The van der Waals surface area contributed by atoms with E-state index in [1.165, 1.54) is 24.5 Å². The molecule has 0 atom stereocenters. The Morgan fingerprint density at radius 1 is 1.07 bits per heavy atom. The maximum atomic E-state index is 11.6. The molecule has 9 nitrogen and oxygen atoms in total. The fourth-order valence-electron chi connectivity index (χ4n) is 2.70. The van der Waals surface area contributed by atoms with Gasteiger partial charge < -0.3 is 15.4 Å². The van der Waals surface area contributed by atoms with Gasteiger partial charge in [-0.15, -0.1) is 0 Å². The van der Waals surface area contributed by atoms with Gasteiger partial charge in [0.25, 0.3) is 0 Å². The van der Waals surface area contributed by atoms with Crippen molar-refractivity contribution in [2.24, 2.45) is 0 Å². The summed E-state index contributed by atoms with van der Waals surface area (Å²) in [6, 6.07) is 12.7. The predicted molar refractivity (Wildman–Crippen MR) is 100 cm³/mol. The molecule has 0 aliphatic carbocycles. The van der Waals surface area contributed by atoms with Gasteiger partial charge in [0.15, 0.2) is 5.65 Å². The molecule has 0 aliphatic heterocycles. The molecular weight excluding hydrogens is 454 g/mol. The molecule has 11 heteroatoms. The topological polar surface area (TPSA) is 133 Å². The average molecular weight is 467 g/mol. The van der Waals surface area contributed by atoms with Crippen LogP contribution in [-0.2, 0) is 10.0 Å². The molecule has 3 N–H and O–H groups in total. The maximum Gasteiger partial charge on any atom is 1.00 e. The van der Waals surface area contributed by atoms with Crippen molar-refractivity contribution in [2.75, 3.05) is 5.32 Å².